The van der Waals surface area contributed by atoms with Gasteiger partial charge in [0.2, 0.25) is 0 Å². The maximum absolute atomic E-state index is 11.4. The first-order chi connectivity index (χ1) is 15.4. The molecule has 1 aliphatic heterocycles. The van der Waals surface area contributed by atoms with Gasteiger partial charge in [-0.25, -0.2) is 14.8 Å². The highest BCUT2D eigenvalue weighted by atomic mass is 35.5. The van der Waals surface area contributed by atoms with Crippen LogP contribution in [0.2, 0.25) is 10.0 Å². The average molecular weight is 499 g/mol. The molecule has 1 fully saturated rings. The molecule has 3 heterocycles. The molecule has 0 aliphatic carbocycles. The smallest absolute Gasteiger partial charge is 0.373 e. The maximum Gasteiger partial charge on any atom is 0.467 e. The van der Waals surface area contributed by atoms with E-state index in [0.717, 1.165) is 11.1 Å². The number of nitrogens with one attached hydrogen (secondary N) is 1. The highest BCUT2D eigenvalue weighted by molar-refractivity contribution is 7.62. The number of halogens is 2. The van der Waals surface area contributed by atoms with E-state index >= 15 is 0 Å². The van der Waals surface area contributed by atoms with Gasteiger partial charge in [0.15, 0.2) is 0 Å². The number of carbonyl (C=O) groups excluding carboxylic acids is 1. The molecule has 1 N–H and O–H groups in total. The van der Waals surface area contributed by atoms with Crippen molar-refractivity contribution in [2.45, 2.75) is 6.10 Å². The monoisotopic (exact) mass is 498 g/mol. The predicted molar refractivity (Wildman–Crippen MR) is 117 cm³/mol. The number of carbonyl (C=O) groups is 1. The van der Waals surface area contributed by atoms with Gasteiger partial charge in [-0.15, -0.1) is 5.06 Å². The third-order valence-electron chi connectivity index (χ3n) is 4.60. The zero-order chi connectivity index (χ0) is 22.7. The second-order valence-electron chi connectivity index (χ2n) is 6.68. The van der Waals surface area contributed by atoms with Crippen molar-refractivity contribution in [3.05, 3.63) is 47.0 Å². The maximum atomic E-state index is 11.4. The molecule has 168 valence electrons. The number of pyridine rings is 1. The number of hydroxylamine groups is 2. The molecular formula is C18H16Cl2N6O5S. The molecule has 1 aromatic carbocycles. The number of fused-ring (bicyclic) bond motifs is 1. The van der Waals surface area contributed by atoms with Gasteiger partial charge >= 0.3 is 16.6 Å². The van der Waals surface area contributed by atoms with E-state index < -0.39 is 16.6 Å². The third kappa shape index (κ3) is 5.16. The molecule has 1 atom stereocenters. The molecule has 4 rings (SSSR count). The van der Waals surface area contributed by atoms with Crippen LogP contribution < -0.4 is 5.32 Å². The number of aromatic nitrogens is 3. The van der Waals surface area contributed by atoms with E-state index in [1.165, 1.54) is 5.06 Å². The summed E-state index contributed by atoms with van der Waals surface area (Å²) in [6, 6.07) is 5.39. The first-order valence-corrected chi connectivity index (χ1v) is 11.1. The summed E-state index contributed by atoms with van der Waals surface area (Å²) in [6.45, 7) is 1.12. The molecule has 0 spiro atoms. The lowest BCUT2D eigenvalue weighted by molar-refractivity contribution is -0.164. The van der Waals surface area contributed by atoms with Gasteiger partial charge < -0.3 is 19.5 Å². The number of rotatable bonds is 5. The van der Waals surface area contributed by atoms with Gasteiger partial charge in [0.1, 0.15) is 5.82 Å². The summed E-state index contributed by atoms with van der Waals surface area (Å²) in [6.07, 6.45) is 3.56. The van der Waals surface area contributed by atoms with Crippen molar-refractivity contribution in [1.29, 1.82) is 0 Å². The predicted octanol–water partition coefficient (Wildman–Crippen LogP) is 2.95. The lowest BCUT2D eigenvalue weighted by atomic mass is 10.1. The Hall–Kier alpha value is -2.77. The molecule has 3 aromatic rings. The van der Waals surface area contributed by atoms with Crippen molar-refractivity contribution in [3.8, 4) is 5.69 Å². The molecule has 32 heavy (non-hydrogen) atoms. The second kappa shape index (κ2) is 9.79. The molecule has 0 saturated carbocycles. The zero-order valence-corrected chi connectivity index (χ0v) is 18.6. The number of amides is 1. The highest BCUT2D eigenvalue weighted by Gasteiger charge is 2.24. The normalized spacial score (nSPS) is 16.6. The summed E-state index contributed by atoms with van der Waals surface area (Å²) in [5.41, 5.74) is 1.33. The van der Waals surface area contributed by atoms with Crippen molar-refractivity contribution in [1.82, 2.24) is 19.6 Å². The van der Waals surface area contributed by atoms with Crippen LogP contribution in [0.3, 0.4) is 0 Å². The summed E-state index contributed by atoms with van der Waals surface area (Å²) in [5, 5.41) is 6.02. The summed E-state index contributed by atoms with van der Waals surface area (Å²) in [4.78, 5) is 25.0. The number of imidazole rings is 1. The Balaban J connectivity index is 1.52. The van der Waals surface area contributed by atoms with Crippen LogP contribution in [0.1, 0.15) is 0 Å². The van der Waals surface area contributed by atoms with Crippen molar-refractivity contribution in [2.75, 3.05) is 31.6 Å². The summed E-state index contributed by atoms with van der Waals surface area (Å²) < 4.78 is 31.3. The van der Waals surface area contributed by atoms with Crippen LogP contribution in [0.25, 0.3) is 16.6 Å². The van der Waals surface area contributed by atoms with E-state index in [-0.39, 0.29) is 25.8 Å². The van der Waals surface area contributed by atoms with Crippen LogP contribution >= 0.6 is 23.2 Å². The Labute approximate surface area is 193 Å². The van der Waals surface area contributed by atoms with Crippen LogP contribution in [0.15, 0.2) is 41.3 Å². The topological polar surface area (TPSA) is 128 Å². The summed E-state index contributed by atoms with van der Waals surface area (Å²) in [7, 11) is -2.87. The number of morpholine rings is 1. The lowest BCUT2D eigenvalue weighted by Gasteiger charge is -2.30. The van der Waals surface area contributed by atoms with Gasteiger partial charge in [-0.05, 0) is 12.1 Å². The molecule has 1 saturated heterocycles. The van der Waals surface area contributed by atoms with Crippen LogP contribution in [0.5, 0.6) is 0 Å². The number of benzene rings is 1. The lowest BCUT2D eigenvalue weighted by Crippen LogP contribution is -2.45. The van der Waals surface area contributed by atoms with E-state index in [9.17, 15) is 13.2 Å². The SMILES string of the molecule is O=C(N=S(=O)=O)ON1CCOC(CNc2cc(-n3ccnc3)c3ccc(Cl)c(Cl)c3n2)C1. The van der Waals surface area contributed by atoms with Gasteiger partial charge in [0.05, 0.1) is 53.4 Å². The van der Waals surface area contributed by atoms with E-state index in [2.05, 4.69) is 19.6 Å². The highest BCUT2D eigenvalue weighted by Crippen LogP contribution is 2.34. The van der Waals surface area contributed by atoms with Crippen molar-refractivity contribution in [3.63, 3.8) is 0 Å². The average Bonchev–Trinajstić information content (AvgIpc) is 3.29. The van der Waals surface area contributed by atoms with E-state index in [4.69, 9.17) is 32.8 Å². The first kappa shape index (κ1) is 22.4. The Morgan fingerprint density at radius 3 is 2.97 bits per heavy atom. The minimum atomic E-state index is -2.87. The fourth-order valence-corrected chi connectivity index (χ4v) is 3.74. The number of hydrogen-bond donors (Lipinski definition) is 1. The summed E-state index contributed by atoms with van der Waals surface area (Å²) >= 11 is 12.6. The van der Waals surface area contributed by atoms with Crippen LogP contribution in [-0.4, -0.2) is 66.5 Å². The summed E-state index contributed by atoms with van der Waals surface area (Å²) in [5.74, 6) is 0.528. The zero-order valence-electron chi connectivity index (χ0n) is 16.3. The largest absolute Gasteiger partial charge is 0.467 e. The van der Waals surface area contributed by atoms with Crippen LogP contribution in [-0.2, 0) is 20.1 Å². The standard InChI is InChI=1S/C18H16Cl2N6O5S/c19-13-2-1-12-14(25-4-3-21-10-25)7-15(23-17(12)16(13)20)22-8-11-9-26(5-6-30-11)31-18(27)24-32(28)29/h1-4,7,10-11H,5-6,8-9H2,(H,22,23). The minimum Gasteiger partial charge on any atom is -0.373 e. The van der Waals surface area contributed by atoms with Crippen LogP contribution in [0, 0.1) is 0 Å². The molecule has 1 aliphatic rings. The van der Waals surface area contributed by atoms with E-state index in [0.29, 0.717) is 27.9 Å². The Bertz CT molecular complexity index is 1280. The molecule has 11 nitrogen and oxygen atoms in total. The number of ether oxygens (including phenoxy) is 1. The molecular weight excluding hydrogens is 483 g/mol. The molecule has 1 unspecified atom stereocenters. The van der Waals surface area contributed by atoms with E-state index in [1.54, 1.807) is 24.8 Å². The second-order valence-corrected chi connectivity index (χ2v) is 8.08. The number of nitrogens with zero attached hydrogens (tertiary/aromatic N) is 5. The van der Waals surface area contributed by atoms with E-state index in [1.807, 2.05) is 16.7 Å². The van der Waals surface area contributed by atoms with Gasteiger partial charge in [0, 0.05) is 30.4 Å². The van der Waals surface area contributed by atoms with Crippen LogP contribution in [0.4, 0.5) is 10.6 Å². The van der Waals surface area contributed by atoms with Gasteiger partial charge in [-0.1, -0.05) is 27.6 Å². The number of anilines is 1. The molecule has 14 heteroatoms. The molecule has 1 amide bonds. The Morgan fingerprint density at radius 1 is 1.38 bits per heavy atom. The Morgan fingerprint density at radius 2 is 2.22 bits per heavy atom. The first-order valence-electron chi connectivity index (χ1n) is 9.31. The van der Waals surface area contributed by atoms with Crippen molar-refractivity contribution >= 4 is 56.5 Å². The molecule has 0 bridgehead atoms. The van der Waals surface area contributed by atoms with Gasteiger partial charge in [0.25, 0.3) is 0 Å². The quantitative estimate of drug-likeness (QED) is 0.564. The minimum absolute atomic E-state index is 0.217. The Kier molecular flexibility index (Phi) is 6.86. The molecule has 0 radical (unpaired) electrons. The molecule has 2 aromatic heterocycles. The van der Waals surface area contributed by atoms with Crippen molar-refractivity contribution in [2.24, 2.45) is 4.36 Å². The van der Waals surface area contributed by atoms with Crippen molar-refractivity contribution < 1.29 is 22.8 Å². The third-order valence-corrected chi connectivity index (χ3v) is 5.69. The van der Waals surface area contributed by atoms with Gasteiger partial charge in [-0.2, -0.15) is 8.42 Å². The number of hydrogen-bond acceptors (Lipinski definition) is 9. The fraction of sp³-hybridized carbons (Fsp3) is 0.278. The fourth-order valence-electron chi connectivity index (χ4n) is 3.23. The van der Waals surface area contributed by atoms with Gasteiger partial charge in [-0.3, -0.25) is 0 Å².